The number of hydrogen-bond acceptors (Lipinski definition) is 3. The molecule has 1 N–H and O–H groups in total. The van der Waals surface area contributed by atoms with Crippen LogP contribution in [0.15, 0.2) is 65.8 Å². The van der Waals surface area contributed by atoms with Crippen molar-refractivity contribution in [2.45, 2.75) is 44.1 Å². The van der Waals surface area contributed by atoms with E-state index in [0.717, 1.165) is 42.5 Å². The van der Waals surface area contributed by atoms with Gasteiger partial charge in [0.15, 0.2) is 0 Å². The summed E-state index contributed by atoms with van der Waals surface area (Å²) in [5.74, 6) is -0.160. The zero-order valence-electron chi connectivity index (χ0n) is 15.9. The van der Waals surface area contributed by atoms with E-state index < -0.39 is 0 Å². The predicted molar refractivity (Wildman–Crippen MR) is 109 cm³/mol. The number of hydrogen-bond donors (Lipinski definition) is 1. The molecule has 0 unspecified atom stereocenters. The number of rotatable bonds is 6. The number of carbonyl (C=O) groups excluding carboxylic acids is 2. The maximum Gasteiger partial charge on any atom is 0.243 e. The van der Waals surface area contributed by atoms with Gasteiger partial charge in [0, 0.05) is 19.3 Å². The Labute approximate surface area is 165 Å². The Kier molecular flexibility index (Phi) is 5.24. The van der Waals surface area contributed by atoms with Gasteiger partial charge in [-0.25, -0.2) is 5.01 Å². The fourth-order valence-electron chi connectivity index (χ4n) is 3.92. The molecule has 0 saturated heterocycles. The molecule has 4 rings (SSSR count). The van der Waals surface area contributed by atoms with Crippen molar-refractivity contribution in [2.75, 3.05) is 6.54 Å². The Hall–Kier alpha value is -2.95. The highest BCUT2D eigenvalue weighted by molar-refractivity contribution is 6.02. The van der Waals surface area contributed by atoms with Crippen LogP contribution in [-0.4, -0.2) is 29.1 Å². The third-order valence-electron chi connectivity index (χ3n) is 5.67. The minimum atomic E-state index is -0.256. The predicted octanol–water partition coefficient (Wildman–Crippen LogP) is 3.60. The lowest BCUT2D eigenvalue weighted by molar-refractivity contribution is -0.134. The SMILES string of the molecule is O=C(CCC(=O)N1CCC(c2ccccc2)=N1)NC1(c2ccccc2)CCC1. The first kappa shape index (κ1) is 18.4. The van der Waals surface area contributed by atoms with Crippen molar-refractivity contribution in [2.24, 2.45) is 5.10 Å². The number of nitrogens with one attached hydrogen (secondary N) is 1. The summed E-state index contributed by atoms with van der Waals surface area (Å²) in [6, 6.07) is 20.0. The summed E-state index contributed by atoms with van der Waals surface area (Å²) in [4.78, 5) is 25.0. The molecule has 1 aliphatic carbocycles. The molecule has 5 heteroatoms. The molecule has 2 aromatic carbocycles. The molecule has 1 fully saturated rings. The Balaban J connectivity index is 1.31. The van der Waals surface area contributed by atoms with E-state index in [4.69, 9.17) is 0 Å². The van der Waals surface area contributed by atoms with E-state index in [1.165, 1.54) is 5.01 Å². The van der Waals surface area contributed by atoms with Crippen LogP contribution in [0.3, 0.4) is 0 Å². The summed E-state index contributed by atoms with van der Waals surface area (Å²) in [7, 11) is 0. The molecule has 28 heavy (non-hydrogen) atoms. The van der Waals surface area contributed by atoms with Crippen LogP contribution in [0, 0.1) is 0 Å². The van der Waals surface area contributed by atoms with E-state index in [1.54, 1.807) is 0 Å². The fourth-order valence-corrected chi connectivity index (χ4v) is 3.92. The van der Waals surface area contributed by atoms with Crippen LogP contribution >= 0.6 is 0 Å². The maximum atomic E-state index is 12.5. The first-order valence-corrected chi connectivity index (χ1v) is 9.96. The second kappa shape index (κ2) is 7.97. The van der Waals surface area contributed by atoms with Gasteiger partial charge in [-0.2, -0.15) is 5.10 Å². The quantitative estimate of drug-likeness (QED) is 0.839. The largest absolute Gasteiger partial charge is 0.347 e. The summed E-state index contributed by atoms with van der Waals surface area (Å²) in [6.07, 6.45) is 4.14. The first-order chi connectivity index (χ1) is 13.7. The molecule has 5 nitrogen and oxygen atoms in total. The van der Waals surface area contributed by atoms with Crippen LogP contribution in [0.25, 0.3) is 0 Å². The van der Waals surface area contributed by atoms with Gasteiger partial charge in [0.2, 0.25) is 11.8 Å². The third kappa shape index (κ3) is 3.84. The van der Waals surface area contributed by atoms with Crippen molar-refractivity contribution >= 4 is 17.5 Å². The zero-order chi connectivity index (χ0) is 19.4. The first-order valence-electron chi connectivity index (χ1n) is 9.96. The van der Waals surface area contributed by atoms with Gasteiger partial charge >= 0.3 is 0 Å². The molecule has 2 amide bonds. The Morgan fingerprint density at radius 3 is 2.29 bits per heavy atom. The van der Waals surface area contributed by atoms with Gasteiger partial charge in [-0.05, 0) is 30.4 Å². The molecule has 0 atom stereocenters. The monoisotopic (exact) mass is 375 g/mol. The number of hydrazone groups is 1. The second-order valence-corrected chi connectivity index (χ2v) is 7.53. The van der Waals surface area contributed by atoms with Crippen LogP contribution in [0.2, 0.25) is 0 Å². The molecular formula is C23H25N3O2. The smallest absolute Gasteiger partial charge is 0.243 e. The van der Waals surface area contributed by atoms with Crippen LogP contribution < -0.4 is 5.32 Å². The van der Waals surface area contributed by atoms with Crippen molar-refractivity contribution in [3.63, 3.8) is 0 Å². The minimum absolute atomic E-state index is 0.0663. The third-order valence-corrected chi connectivity index (χ3v) is 5.67. The molecule has 2 aromatic rings. The van der Waals surface area contributed by atoms with Gasteiger partial charge < -0.3 is 5.32 Å². The molecule has 0 bridgehead atoms. The molecule has 1 heterocycles. The van der Waals surface area contributed by atoms with E-state index >= 15 is 0 Å². The van der Waals surface area contributed by atoms with E-state index in [-0.39, 0.29) is 30.2 Å². The van der Waals surface area contributed by atoms with Crippen LogP contribution in [-0.2, 0) is 15.1 Å². The molecule has 1 aliphatic heterocycles. The number of amides is 2. The second-order valence-electron chi connectivity index (χ2n) is 7.53. The molecule has 0 aromatic heterocycles. The summed E-state index contributed by atoms with van der Waals surface area (Å²) < 4.78 is 0. The lowest BCUT2D eigenvalue weighted by Gasteiger charge is -2.43. The lowest BCUT2D eigenvalue weighted by atomic mass is 9.71. The molecule has 144 valence electrons. The normalized spacial score (nSPS) is 17.6. The van der Waals surface area contributed by atoms with Crippen molar-refractivity contribution in [3.05, 3.63) is 71.8 Å². The zero-order valence-corrected chi connectivity index (χ0v) is 15.9. The summed E-state index contributed by atoms with van der Waals surface area (Å²) >= 11 is 0. The van der Waals surface area contributed by atoms with Crippen molar-refractivity contribution in [3.8, 4) is 0 Å². The highest BCUT2D eigenvalue weighted by Crippen LogP contribution is 2.41. The highest BCUT2D eigenvalue weighted by atomic mass is 16.2. The van der Waals surface area contributed by atoms with E-state index in [2.05, 4.69) is 22.6 Å². The molecule has 2 aliphatic rings. The standard InChI is InChI=1S/C23H25N3O2/c27-21(24-23(15-7-16-23)19-10-5-2-6-11-19)12-13-22(28)26-17-14-20(25-26)18-8-3-1-4-9-18/h1-6,8-11H,7,12-17H2,(H,24,27). The molecule has 0 spiro atoms. The summed E-state index contributed by atoms with van der Waals surface area (Å²) in [6.45, 7) is 0.582. The van der Waals surface area contributed by atoms with E-state index in [0.29, 0.717) is 6.54 Å². The van der Waals surface area contributed by atoms with Gasteiger partial charge in [0.1, 0.15) is 0 Å². The molecule has 0 radical (unpaired) electrons. The van der Waals surface area contributed by atoms with E-state index in [1.807, 2.05) is 48.5 Å². The average molecular weight is 375 g/mol. The number of carbonyl (C=O) groups is 2. The molecule has 1 saturated carbocycles. The Bertz CT molecular complexity index is 873. The van der Waals surface area contributed by atoms with Gasteiger partial charge in [-0.3, -0.25) is 9.59 Å². The number of benzene rings is 2. The van der Waals surface area contributed by atoms with Crippen LogP contribution in [0.4, 0.5) is 0 Å². The van der Waals surface area contributed by atoms with Gasteiger partial charge in [-0.15, -0.1) is 0 Å². The van der Waals surface area contributed by atoms with E-state index in [9.17, 15) is 9.59 Å². The number of nitrogens with zero attached hydrogens (tertiary/aromatic N) is 2. The van der Waals surface area contributed by atoms with Gasteiger partial charge in [0.25, 0.3) is 0 Å². The fraction of sp³-hybridized carbons (Fsp3) is 0.348. The minimum Gasteiger partial charge on any atom is -0.347 e. The average Bonchev–Trinajstić information content (AvgIpc) is 3.21. The van der Waals surface area contributed by atoms with Crippen molar-refractivity contribution in [1.82, 2.24) is 10.3 Å². The summed E-state index contributed by atoms with van der Waals surface area (Å²) in [5, 5.41) is 9.14. The van der Waals surface area contributed by atoms with Crippen molar-refractivity contribution in [1.29, 1.82) is 0 Å². The van der Waals surface area contributed by atoms with Crippen molar-refractivity contribution < 1.29 is 9.59 Å². The van der Waals surface area contributed by atoms with Crippen LogP contribution in [0.1, 0.15) is 49.7 Å². The van der Waals surface area contributed by atoms with Crippen LogP contribution in [0.5, 0.6) is 0 Å². The maximum absolute atomic E-state index is 12.5. The summed E-state index contributed by atoms with van der Waals surface area (Å²) in [5.41, 5.74) is 2.87. The molecular weight excluding hydrogens is 350 g/mol. The highest BCUT2D eigenvalue weighted by Gasteiger charge is 2.39. The lowest BCUT2D eigenvalue weighted by Crippen LogP contribution is -2.50. The Morgan fingerprint density at radius 2 is 1.64 bits per heavy atom. The van der Waals surface area contributed by atoms with Gasteiger partial charge in [-0.1, -0.05) is 60.7 Å². The topological polar surface area (TPSA) is 61.8 Å². The van der Waals surface area contributed by atoms with Gasteiger partial charge in [0.05, 0.1) is 17.8 Å². The Morgan fingerprint density at radius 1 is 0.964 bits per heavy atom.